The van der Waals surface area contributed by atoms with E-state index in [1.807, 2.05) is 20.0 Å². The van der Waals surface area contributed by atoms with Crippen molar-refractivity contribution in [2.24, 2.45) is 5.92 Å². The summed E-state index contributed by atoms with van der Waals surface area (Å²) in [7, 11) is 2.04. The first-order valence-electron chi connectivity index (χ1n) is 7.15. The number of benzene rings is 1. The second-order valence-electron chi connectivity index (χ2n) is 4.76. The van der Waals surface area contributed by atoms with Crippen molar-refractivity contribution in [2.45, 2.75) is 46.1 Å². The maximum Gasteiger partial charge on any atom is 0.119 e. The van der Waals surface area contributed by atoms with Crippen LogP contribution >= 0.6 is 0 Å². The Bertz CT molecular complexity index is 334. The zero-order valence-electron chi connectivity index (χ0n) is 12.2. The Balaban J connectivity index is 2.77. The van der Waals surface area contributed by atoms with E-state index in [9.17, 15) is 0 Å². The Labute approximate surface area is 112 Å². The number of rotatable bonds is 8. The quantitative estimate of drug-likeness (QED) is 0.746. The fourth-order valence-corrected chi connectivity index (χ4v) is 2.36. The molecule has 1 atom stereocenters. The minimum Gasteiger partial charge on any atom is -0.494 e. The molecule has 1 rings (SSSR count). The molecule has 1 aromatic carbocycles. The van der Waals surface area contributed by atoms with Gasteiger partial charge in [0.25, 0.3) is 0 Å². The molecule has 2 heteroatoms. The second kappa shape index (κ2) is 8.15. The molecule has 0 saturated carbocycles. The predicted octanol–water partition coefficient (Wildman–Crippen LogP) is 4.17. The molecule has 1 aromatic rings. The molecule has 1 N–H and O–H groups in total. The Kier molecular flexibility index (Phi) is 6.81. The fourth-order valence-electron chi connectivity index (χ4n) is 2.36. The van der Waals surface area contributed by atoms with Gasteiger partial charge in [-0.25, -0.2) is 0 Å². The summed E-state index contributed by atoms with van der Waals surface area (Å²) >= 11 is 0. The summed E-state index contributed by atoms with van der Waals surface area (Å²) in [6, 6.07) is 8.88. The second-order valence-corrected chi connectivity index (χ2v) is 4.76. The Morgan fingerprint density at radius 3 is 2.44 bits per heavy atom. The van der Waals surface area contributed by atoms with E-state index in [1.165, 1.54) is 24.8 Å². The molecule has 0 aliphatic carbocycles. The maximum atomic E-state index is 5.57. The molecule has 0 fully saturated rings. The lowest BCUT2D eigenvalue weighted by atomic mass is 9.91. The van der Waals surface area contributed by atoms with Crippen LogP contribution in [0.15, 0.2) is 24.3 Å². The topological polar surface area (TPSA) is 21.3 Å². The Morgan fingerprint density at radius 2 is 1.89 bits per heavy atom. The first-order chi connectivity index (χ1) is 8.74. The largest absolute Gasteiger partial charge is 0.494 e. The minimum absolute atomic E-state index is 0.426. The van der Waals surface area contributed by atoms with Gasteiger partial charge in [0.2, 0.25) is 0 Å². The van der Waals surface area contributed by atoms with Gasteiger partial charge in [-0.05, 0) is 44.0 Å². The SMILES string of the molecule is CCOc1cccc(C(CC(CC)CC)NC)c1. The zero-order valence-corrected chi connectivity index (χ0v) is 12.2. The summed E-state index contributed by atoms with van der Waals surface area (Å²) < 4.78 is 5.57. The fraction of sp³-hybridized carbons (Fsp3) is 0.625. The van der Waals surface area contributed by atoms with Gasteiger partial charge in [0.05, 0.1) is 6.61 Å². The third-order valence-corrected chi connectivity index (χ3v) is 3.64. The van der Waals surface area contributed by atoms with Crippen molar-refractivity contribution < 1.29 is 4.74 Å². The van der Waals surface area contributed by atoms with E-state index in [1.54, 1.807) is 0 Å². The zero-order chi connectivity index (χ0) is 13.4. The van der Waals surface area contributed by atoms with Gasteiger partial charge in [-0.3, -0.25) is 0 Å². The molecule has 0 aliphatic rings. The molecule has 0 amide bonds. The van der Waals surface area contributed by atoms with Crippen LogP contribution in [0, 0.1) is 5.92 Å². The van der Waals surface area contributed by atoms with Crippen LogP contribution in [0.25, 0.3) is 0 Å². The summed E-state index contributed by atoms with van der Waals surface area (Å²) in [6.45, 7) is 7.29. The molecule has 0 aliphatic heterocycles. The van der Waals surface area contributed by atoms with Crippen LogP contribution < -0.4 is 10.1 Å². The molecule has 18 heavy (non-hydrogen) atoms. The molecule has 102 valence electrons. The molecule has 1 unspecified atom stereocenters. The third kappa shape index (κ3) is 4.34. The molecular formula is C16H27NO. The molecule has 0 radical (unpaired) electrons. The van der Waals surface area contributed by atoms with Crippen molar-refractivity contribution in [3.05, 3.63) is 29.8 Å². The van der Waals surface area contributed by atoms with Gasteiger partial charge < -0.3 is 10.1 Å². The van der Waals surface area contributed by atoms with Crippen LogP contribution in [-0.4, -0.2) is 13.7 Å². The van der Waals surface area contributed by atoms with Gasteiger partial charge in [-0.15, -0.1) is 0 Å². The van der Waals surface area contributed by atoms with Crippen LogP contribution in [-0.2, 0) is 0 Å². The van der Waals surface area contributed by atoms with Crippen molar-refractivity contribution in [1.29, 1.82) is 0 Å². The number of ether oxygens (including phenoxy) is 1. The summed E-state index contributed by atoms with van der Waals surface area (Å²) in [5.41, 5.74) is 1.33. The molecule has 0 aromatic heterocycles. The molecule has 2 nitrogen and oxygen atoms in total. The first-order valence-corrected chi connectivity index (χ1v) is 7.15. The molecule has 0 bridgehead atoms. The Hall–Kier alpha value is -1.02. The number of nitrogens with one attached hydrogen (secondary N) is 1. The van der Waals surface area contributed by atoms with Gasteiger partial charge in [0, 0.05) is 6.04 Å². The minimum atomic E-state index is 0.426. The van der Waals surface area contributed by atoms with E-state index in [-0.39, 0.29) is 0 Å². The lowest BCUT2D eigenvalue weighted by Crippen LogP contribution is -2.19. The van der Waals surface area contributed by atoms with Gasteiger partial charge >= 0.3 is 0 Å². The lowest BCUT2D eigenvalue weighted by molar-refractivity contribution is 0.338. The molecule has 0 saturated heterocycles. The molecule has 0 spiro atoms. The average Bonchev–Trinajstić information content (AvgIpc) is 2.41. The van der Waals surface area contributed by atoms with Crippen LogP contribution in [0.3, 0.4) is 0 Å². The van der Waals surface area contributed by atoms with Gasteiger partial charge in [0.15, 0.2) is 0 Å². The van der Waals surface area contributed by atoms with Crippen molar-refractivity contribution in [2.75, 3.05) is 13.7 Å². The maximum absolute atomic E-state index is 5.57. The van der Waals surface area contributed by atoms with E-state index in [0.29, 0.717) is 6.04 Å². The smallest absolute Gasteiger partial charge is 0.119 e. The van der Waals surface area contributed by atoms with E-state index < -0.39 is 0 Å². The summed E-state index contributed by atoms with van der Waals surface area (Å²) in [5.74, 6) is 1.76. The lowest BCUT2D eigenvalue weighted by Gasteiger charge is -2.22. The van der Waals surface area contributed by atoms with Crippen LogP contribution in [0.2, 0.25) is 0 Å². The normalized spacial score (nSPS) is 12.7. The predicted molar refractivity (Wildman–Crippen MR) is 78.1 cm³/mol. The van der Waals surface area contributed by atoms with E-state index in [2.05, 4.69) is 37.4 Å². The van der Waals surface area contributed by atoms with Crippen molar-refractivity contribution in [3.63, 3.8) is 0 Å². The Morgan fingerprint density at radius 1 is 1.17 bits per heavy atom. The van der Waals surface area contributed by atoms with E-state index >= 15 is 0 Å². The van der Waals surface area contributed by atoms with E-state index in [4.69, 9.17) is 4.74 Å². The number of hydrogen-bond acceptors (Lipinski definition) is 2. The summed E-state index contributed by atoms with van der Waals surface area (Å²) in [6.07, 6.45) is 3.69. The number of hydrogen-bond donors (Lipinski definition) is 1. The van der Waals surface area contributed by atoms with Gasteiger partial charge in [-0.2, -0.15) is 0 Å². The van der Waals surface area contributed by atoms with E-state index in [0.717, 1.165) is 18.3 Å². The van der Waals surface area contributed by atoms with Crippen LogP contribution in [0.5, 0.6) is 5.75 Å². The highest BCUT2D eigenvalue weighted by Crippen LogP contribution is 2.27. The summed E-state index contributed by atoms with van der Waals surface area (Å²) in [4.78, 5) is 0. The average molecular weight is 249 g/mol. The highest BCUT2D eigenvalue weighted by molar-refractivity contribution is 5.30. The highest BCUT2D eigenvalue weighted by atomic mass is 16.5. The van der Waals surface area contributed by atoms with Crippen molar-refractivity contribution >= 4 is 0 Å². The summed E-state index contributed by atoms with van der Waals surface area (Å²) in [5, 5.41) is 3.43. The van der Waals surface area contributed by atoms with Crippen LogP contribution in [0.1, 0.15) is 51.6 Å². The standard InChI is InChI=1S/C16H27NO/c1-5-13(6-2)11-16(17-4)14-9-8-10-15(12-14)18-7-3/h8-10,12-13,16-17H,5-7,11H2,1-4H3. The van der Waals surface area contributed by atoms with Crippen molar-refractivity contribution in [1.82, 2.24) is 5.32 Å². The van der Waals surface area contributed by atoms with Gasteiger partial charge in [0.1, 0.15) is 5.75 Å². The third-order valence-electron chi connectivity index (χ3n) is 3.64. The van der Waals surface area contributed by atoms with Gasteiger partial charge in [-0.1, -0.05) is 38.8 Å². The van der Waals surface area contributed by atoms with Crippen LogP contribution in [0.4, 0.5) is 0 Å². The monoisotopic (exact) mass is 249 g/mol. The molecule has 0 heterocycles. The highest BCUT2D eigenvalue weighted by Gasteiger charge is 2.14. The van der Waals surface area contributed by atoms with Crippen molar-refractivity contribution in [3.8, 4) is 5.75 Å². The molecular weight excluding hydrogens is 222 g/mol. The first kappa shape index (κ1) is 15.0.